The van der Waals surface area contributed by atoms with Gasteiger partial charge < -0.3 is 9.47 Å². The van der Waals surface area contributed by atoms with Gasteiger partial charge in [-0.15, -0.1) is 0 Å². The summed E-state index contributed by atoms with van der Waals surface area (Å²) < 4.78 is 10.5. The Bertz CT molecular complexity index is 383. The van der Waals surface area contributed by atoms with Crippen LogP contribution in [0.4, 0.5) is 0 Å². The molecule has 0 bridgehead atoms. The Morgan fingerprint density at radius 2 is 2.12 bits per heavy atom. The largest absolute Gasteiger partial charge is 0.497 e. The van der Waals surface area contributed by atoms with Crippen LogP contribution >= 0.6 is 0 Å². The molecule has 1 fully saturated rings. The van der Waals surface area contributed by atoms with E-state index in [1.165, 1.54) is 0 Å². The summed E-state index contributed by atoms with van der Waals surface area (Å²) in [5.41, 5.74) is 1.04. The van der Waals surface area contributed by atoms with Crippen LogP contribution in [-0.2, 0) is 16.0 Å². The Kier molecular flexibility index (Phi) is 3.79. The molecule has 17 heavy (non-hydrogen) atoms. The molecule has 1 aromatic carbocycles. The Labute approximate surface area is 102 Å². The molecule has 1 aliphatic rings. The number of ketones is 1. The molecule has 0 aromatic heterocycles. The van der Waals surface area contributed by atoms with Crippen LogP contribution in [0.3, 0.4) is 0 Å². The van der Waals surface area contributed by atoms with Crippen LogP contribution in [0.25, 0.3) is 0 Å². The van der Waals surface area contributed by atoms with Crippen molar-refractivity contribution < 1.29 is 14.3 Å². The molecule has 92 valence electrons. The third-order valence-electron chi connectivity index (χ3n) is 3.33. The Morgan fingerprint density at radius 3 is 2.65 bits per heavy atom. The number of ether oxygens (including phenoxy) is 2. The Balaban J connectivity index is 1.97. The lowest BCUT2D eigenvalue weighted by molar-refractivity contribution is -0.123. The first-order chi connectivity index (χ1) is 8.20. The van der Waals surface area contributed by atoms with Gasteiger partial charge in [0.15, 0.2) is 0 Å². The van der Waals surface area contributed by atoms with Crippen LogP contribution in [0.2, 0.25) is 0 Å². The molecule has 0 aliphatic carbocycles. The van der Waals surface area contributed by atoms with Gasteiger partial charge in [-0.1, -0.05) is 12.1 Å². The fourth-order valence-electron chi connectivity index (χ4n) is 2.23. The van der Waals surface area contributed by atoms with E-state index in [2.05, 4.69) is 0 Å². The van der Waals surface area contributed by atoms with Crippen LogP contribution in [-0.4, -0.2) is 25.6 Å². The summed E-state index contributed by atoms with van der Waals surface area (Å²) in [4.78, 5) is 12.1. The van der Waals surface area contributed by atoms with Gasteiger partial charge in [-0.05, 0) is 31.0 Å². The van der Waals surface area contributed by atoms with Crippen molar-refractivity contribution in [3.05, 3.63) is 29.8 Å². The van der Waals surface area contributed by atoms with Crippen LogP contribution in [0.15, 0.2) is 24.3 Å². The average Bonchev–Trinajstić information content (AvgIpc) is 2.76. The van der Waals surface area contributed by atoms with E-state index in [1.807, 2.05) is 31.2 Å². The molecule has 0 spiro atoms. The molecule has 0 N–H and O–H groups in total. The van der Waals surface area contributed by atoms with Crippen molar-refractivity contribution >= 4 is 5.78 Å². The molecule has 0 radical (unpaired) electrons. The number of hydrogen-bond donors (Lipinski definition) is 0. The summed E-state index contributed by atoms with van der Waals surface area (Å²) in [6, 6.07) is 7.66. The van der Waals surface area contributed by atoms with E-state index >= 15 is 0 Å². The monoisotopic (exact) mass is 234 g/mol. The van der Waals surface area contributed by atoms with Crippen molar-refractivity contribution in [3.8, 4) is 5.75 Å². The van der Waals surface area contributed by atoms with E-state index in [4.69, 9.17) is 9.47 Å². The van der Waals surface area contributed by atoms with E-state index in [0.717, 1.165) is 17.7 Å². The minimum atomic E-state index is 0.0668. The molecule has 3 nitrogen and oxygen atoms in total. The van der Waals surface area contributed by atoms with Crippen LogP contribution in [0.1, 0.15) is 18.9 Å². The lowest BCUT2D eigenvalue weighted by Gasteiger charge is -2.12. The molecule has 2 unspecified atom stereocenters. The third-order valence-corrected chi connectivity index (χ3v) is 3.33. The first-order valence-corrected chi connectivity index (χ1v) is 5.98. The number of rotatable bonds is 4. The van der Waals surface area contributed by atoms with E-state index in [1.54, 1.807) is 7.11 Å². The molecule has 3 heteroatoms. The topological polar surface area (TPSA) is 35.5 Å². The number of Topliss-reactive ketones (excluding diaryl/α,β-unsaturated/α-hetero) is 1. The summed E-state index contributed by atoms with van der Waals surface area (Å²) in [5.74, 6) is 1.16. The minimum absolute atomic E-state index is 0.0668. The van der Waals surface area contributed by atoms with Gasteiger partial charge in [0.25, 0.3) is 0 Å². The maximum atomic E-state index is 12.1. The van der Waals surface area contributed by atoms with E-state index in [-0.39, 0.29) is 17.8 Å². The molecule has 0 saturated carbocycles. The van der Waals surface area contributed by atoms with Crippen molar-refractivity contribution in [2.24, 2.45) is 5.92 Å². The van der Waals surface area contributed by atoms with Gasteiger partial charge in [-0.3, -0.25) is 4.79 Å². The number of methoxy groups -OCH3 is 1. The maximum absolute atomic E-state index is 12.1. The summed E-state index contributed by atoms with van der Waals surface area (Å²) in [6.45, 7) is 2.68. The Morgan fingerprint density at radius 1 is 1.41 bits per heavy atom. The second kappa shape index (κ2) is 5.32. The average molecular weight is 234 g/mol. The highest BCUT2D eigenvalue weighted by molar-refractivity contribution is 5.84. The summed E-state index contributed by atoms with van der Waals surface area (Å²) >= 11 is 0. The molecular formula is C14H18O3. The molecule has 1 saturated heterocycles. The first-order valence-electron chi connectivity index (χ1n) is 5.98. The number of carbonyl (C=O) groups excluding carboxylic acids is 1. The first kappa shape index (κ1) is 12.1. The predicted molar refractivity (Wildman–Crippen MR) is 65.2 cm³/mol. The van der Waals surface area contributed by atoms with Crippen LogP contribution < -0.4 is 4.74 Å². The van der Waals surface area contributed by atoms with Crippen molar-refractivity contribution in [2.45, 2.75) is 25.9 Å². The SMILES string of the molecule is COc1ccc(CC(=O)C2CCOC2C)cc1. The summed E-state index contributed by atoms with van der Waals surface area (Å²) in [5, 5.41) is 0. The van der Waals surface area contributed by atoms with E-state index < -0.39 is 0 Å². The van der Waals surface area contributed by atoms with Gasteiger partial charge >= 0.3 is 0 Å². The number of carbonyl (C=O) groups is 1. The van der Waals surface area contributed by atoms with Crippen LogP contribution in [0, 0.1) is 5.92 Å². The van der Waals surface area contributed by atoms with E-state index in [9.17, 15) is 4.79 Å². The molecule has 2 atom stereocenters. The maximum Gasteiger partial charge on any atom is 0.142 e. The van der Waals surface area contributed by atoms with Gasteiger partial charge in [0.1, 0.15) is 11.5 Å². The zero-order valence-electron chi connectivity index (χ0n) is 10.3. The van der Waals surface area contributed by atoms with Crippen molar-refractivity contribution in [2.75, 3.05) is 13.7 Å². The Hall–Kier alpha value is -1.35. The molecule has 2 rings (SSSR count). The number of benzene rings is 1. The highest BCUT2D eigenvalue weighted by Gasteiger charge is 2.30. The molecule has 1 aromatic rings. The fraction of sp³-hybridized carbons (Fsp3) is 0.500. The van der Waals surface area contributed by atoms with Gasteiger partial charge in [0.2, 0.25) is 0 Å². The molecule has 0 amide bonds. The molecular weight excluding hydrogens is 216 g/mol. The van der Waals surface area contributed by atoms with Crippen molar-refractivity contribution in [1.82, 2.24) is 0 Å². The highest BCUT2D eigenvalue weighted by atomic mass is 16.5. The lowest BCUT2D eigenvalue weighted by atomic mass is 9.93. The molecule has 1 aliphatic heterocycles. The standard InChI is InChI=1S/C14H18O3/c1-10-13(7-8-17-10)14(15)9-11-3-5-12(16-2)6-4-11/h3-6,10,13H,7-9H2,1-2H3. The zero-order valence-corrected chi connectivity index (χ0v) is 10.3. The quantitative estimate of drug-likeness (QED) is 0.801. The smallest absolute Gasteiger partial charge is 0.142 e. The third kappa shape index (κ3) is 2.86. The summed E-state index contributed by atoms with van der Waals surface area (Å²) in [7, 11) is 1.64. The van der Waals surface area contributed by atoms with Crippen LogP contribution in [0.5, 0.6) is 5.75 Å². The van der Waals surface area contributed by atoms with Gasteiger partial charge in [0, 0.05) is 18.9 Å². The normalized spacial score (nSPS) is 23.6. The van der Waals surface area contributed by atoms with Gasteiger partial charge in [-0.25, -0.2) is 0 Å². The fourth-order valence-corrected chi connectivity index (χ4v) is 2.23. The van der Waals surface area contributed by atoms with Crippen molar-refractivity contribution in [3.63, 3.8) is 0 Å². The predicted octanol–water partition coefficient (Wildman–Crippen LogP) is 2.23. The second-order valence-electron chi connectivity index (χ2n) is 4.46. The zero-order chi connectivity index (χ0) is 12.3. The van der Waals surface area contributed by atoms with Crippen molar-refractivity contribution in [1.29, 1.82) is 0 Å². The molecule has 1 heterocycles. The van der Waals surface area contributed by atoms with Gasteiger partial charge in [0.05, 0.1) is 13.2 Å². The van der Waals surface area contributed by atoms with E-state index in [0.29, 0.717) is 13.0 Å². The minimum Gasteiger partial charge on any atom is -0.497 e. The highest BCUT2D eigenvalue weighted by Crippen LogP contribution is 2.23. The second-order valence-corrected chi connectivity index (χ2v) is 4.46. The lowest BCUT2D eigenvalue weighted by Crippen LogP contribution is -2.23. The van der Waals surface area contributed by atoms with Gasteiger partial charge in [-0.2, -0.15) is 0 Å². The summed E-state index contributed by atoms with van der Waals surface area (Å²) in [6.07, 6.45) is 1.42. The number of hydrogen-bond acceptors (Lipinski definition) is 3.